The number of anilines is 1. The number of H-pyrrole nitrogens is 1. The number of nitrogen functional groups attached to an aromatic ring is 1. The van der Waals surface area contributed by atoms with Gasteiger partial charge in [-0.1, -0.05) is 0 Å². The van der Waals surface area contributed by atoms with Crippen LogP contribution in [0.25, 0.3) is 22.1 Å². The fourth-order valence-corrected chi connectivity index (χ4v) is 7.28. The molecule has 12 heteroatoms. The first kappa shape index (κ1) is 27.6. The molecule has 224 valence electrons. The van der Waals surface area contributed by atoms with Crippen molar-refractivity contribution in [2.75, 3.05) is 19.3 Å². The first-order valence-corrected chi connectivity index (χ1v) is 14.6. The van der Waals surface area contributed by atoms with E-state index >= 15 is 0 Å². The number of aryl methyl sites for hydroxylation is 1. The number of nitrogens with one attached hydrogen (secondary N) is 1. The SMILES string of the molecule is CN(C[C@H]1C[C@@H](n2ccc3c(N)ncnc32)[C@@H]2OC(C)(C)O[C@H]12)[C@H]1C[C@@H](CCc2nc3cc(C(F)(F)F)ccc3[nH]2)C1. The van der Waals surface area contributed by atoms with Gasteiger partial charge < -0.3 is 29.7 Å². The zero-order valence-electron chi connectivity index (χ0n) is 23.9. The summed E-state index contributed by atoms with van der Waals surface area (Å²) in [5, 5.41) is 0.849. The molecular weight excluding hydrogens is 547 g/mol. The van der Waals surface area contributed by atoms with Crippen molar-refractivity contribution < 1.29 is 22.6 Å². The van der Waals surface area contributed by atoms with Crippen LogP contribution in [0.15, 0.2) is 36.8 Å². The molecule has 0 spiro atoms. The van der Waals surface area contributed by atoms with Gasteiger partial charge in [-0.25, -0.2) is 15.0 Å². The van der Waals surface area contributed by atoms with Crippen molar-refractivity contribution in [3.8, 4) is 0 Å². The first-order chi connectivity index (χ1) is 19.9. The number of aromatic nitrogens is 5. The van der Waals surface area contributed by atoms with Crippen LogP contribution in [0.5, 0.6) is 0 Å². The number of benzene rings is 1. The Morgan fingerprint density at radius 3 is 2.69 bits per heavy atom. The largest absolute Gasteiger partial charge is 0.416 e. The van der Waals surface area contributed by atoms with Crippen LogP contribution in [-0.2, 0) is 22.1 Å². The number of hydrogen-bond acceptors (Lipinski definition) is 7. The van der Waals surface area contributed by atoms with Crippen LogP contribution >= 0.6 is 0 Å². The lowest BCUT2D eigenvalue weighted by Gasteiger charge is -2.42. The Balaban J connectivity index is 0.966. The quantitative estimate of drug-likeness (QED) is 0.303. The number of aromatic amines is 1. The number of ether oxygens (including phenoxy) is 2. The molecule has 9 nitrogen and oxygen atoms in total. The van der Waals surface area contributed by atoms with Gasteiger partial charge >= 0.3 is 6.18 Å². The van der Waals surface area contributed by atoms with E-state index in [4.69, 9.17) is 15.2 Å². The van der Waals surface area contributed by atoms with Crippen molar-refractivity contribution in [2.45, 2.75) is 82.2 Å². The molecule has 0 unspecified atom stereocenters. The second-order valence-electron chi connectivity index (χ2n) is 12.7. The number of nitrogens with two attached hydrogens (primary N) is 1. The smallest absolute Gasteiger partial charge is 0.383 e. The van der Waals surface area contributed by atoms with E-state index in [-0.39, 0.29) is 18.2 Å². The lowest BCUT2D eigenvalue weighted by molar-refractivity contribution is -0.161. The van der Waals surface area contributed by atoms with E-state index in [1.54, 1.807) is 0 Å². The third-order valence-corrected chi connectivity index (χ3v) is 9.45. The van der Waals surface area contributed by atoms with Gasteiger partial charge in [-0.2, -0.15) is 13.2 Å². The van der Waals surface area contributed by atoms with Crippen LogP contribution in [0.4, 0.5) is 19.0 Å². The van der Waals surface area contributed by atoms with Crippen molar-refractivity contribution in [1.82, 2.24) is 29.4 Å². The molecule has 7 rings (SSSR count). The summed E-state index contributed by atoms with van der Waals surface area (Å²) >= 11 is 0. The Morgan fingerprint density at radius 2 is 1.90 bits per heavy atom. The summed E-state index contributed by atoms with van der Waals surface area (Å²) in [5.74, 6) is 1.45. The maximum Gasteiger partial charge on any atom is 0.416 e. The van der Waals surface area contributed by atoms with Gasteiger partial charge in [0.25, 0.3) is 0 Å². The predicted molar refractivity (Wildman–Crippen MR) is 151 cm³/mol. The maximum absolute atomic E-state index is 13.0. The van der Waals surface area contributed by atoms with Crippen LogP contribution in [0, 0.1) is 11.8 Å². The van der Waals surface area contributed by atoms with Gasteiger partial charge in [0.05, 0.1) is 34.1 Å². The molecule has 3 N–H and O–H groups in total. The Bertz CT molecular complexity index is 1610. The highest BCUT2D eigenvalue weighted by Crippen LogP contribution is 2.48. The average Bonchev–Trinajstić information content (AvgIpc) is 3.64. The highest BCUT2D eigenvalue weighted by Gasteiger charge is 2.55. The Kier molecular flexibility index (Phi) is 6.52. The Morgan fingerprint density at radius 1 is 1.12 bits per heavy atom. The number of hydrogen-bond donors (Lipinski definition) is 2. The van der Waals surface area contributed by atoms with Crippen LogP contribution in [0.1, 0.15) is 57.0 Å². The van der Waals surface area contributed by atoms with Gasteiger partial charge in [0, 0.05) is 31.1 Å². The van der Waals surface area contributed by atoms with Crippen LogP contribution in [0.2, 0.25) is 0 Å². The number of imidazole rings is 1. The summed E-state index contributed by atoms with van der Waals surface area (Å²) in [6.45, 7) is 4.87. The predicted octanol–water partition coefficient (Wildman–Crippen LogP) is 5.33. The van der Waals surface area contributed by atoms with Gasteiger partial charge in [0.15, 0.2) is 5.79 Å². The van der Waals surface area contributed by atoms with Crippen LogP contribution in [0.3, 0.4) is 0 Å². The van der Waals surface area contributed by atoms with E-state index in [9.17, 15) is 13.2 Å². The van der Waals surface area contributed by atoms with E-state index < -0.39 is 17.5 Å². The van der Waals surface area contributed by atoms with Gasteiger partial charge in [-0.3, -0.25) is 0 Å². The van der Waals surface area contributed by atoms with Gasteiger partial charge in [-0.05, 0) is 76.8 Å². The standard InChI is InChI=1S/C30H36F3N7O2/c1-29(2)41-25-17(12-23(26(25)42-29)40-9-8-20-27(34)35-15-36-28(20)40)14-39(3)19-10-16(11-19)4-7-24-37-21-6-5-18(30(31,32)33)13-22(21)38-24/h5-6,8-9,13,15-17,19,23,25-26H,4,7,10-12,14H2,1-3H3,(H,37,38)(H2,34,35,36)/t16-,17-,19+,23-,25-,26+/m1/s1. The maximum atomic E-state index is 13.0. The molecule has 3 aromatic heterocycles. The summed E-state index contributed by atoms with van der Waals surface area (Å²) in [7, 11) is 2.20. The fourth-order valence-electron chi connectivity index (χ4n) is 7.28. The second-order valence-corrected chi connectivity index (χ2v) is 12.7. The molecular formula is C30H36F3N7O2. The molecule has 1 aliphatic heterocycles. The van der Waals surface area contributed by atoms with E-state index in [1.165, 1.54) is 12.4 Å². The van der Waals surface area contributed by atoms with Crippen molar-refractivity contribution in [3.05, 3.63) is 48.2 Å². The third-order valence-electron chi connectivity index (χ3n) is 9.45. The highest BCUT2D eigenvalue weighted by molar-refractivity contribution is 5.86. The molecule has 42 heavy (non-hydrogen) atoms. The number of fused-ring (bicyclic) bond motifs is 3. The molecule has 4 atom stereocenters. The summed E-state index contributed by atoms with van der Waals surface area (Å²) < 4.78 is 54.2. The summed E-state index contributed by atoms with van der Waals surface area (Å²) in [5.41, 5.74) is 7.26. The average molecular weight is 584 g/mol. The van der Waals surface area contributed by atoms with E-state index in [0.29, 0.717) is 34.7 Å². The molecule has 2 saturated carbocycles. The van der Waals surface area contributed by atoms with Crippen LogP contribution < -0.4 is 5.73 Å². The fraction of sp³-hybridized carbons (Fsp3) is 0.567. The van der Waals surface area contributed by atoms with E-state index in [0.717, 1.165) is 67.6 Å². The molecule has 2 aliphatic carbocycles. The number of halogens is 3. The van der Waals surface area contributed by atoms with Gasteiger partial charge in [-0.15, -0.1) is 0 Å². The van der Waals surface area contributed by atoms with E-state index in [2.05, 4.69) is 36.5 Å². The second kappa shape index (κ2) is 9.92. The van der Waals surface area contributed by atoms with Crippen molar-refractivity contribution in [2.24, 2.45) is 11.8 Å². The summed E-state index contributed by atoms with van der Waals surface area (Å²) in [6.07, 6.45) is 3.89. The summed E-state index contributed by atoms with van der Waals surface area (Å²) in [4.78, 5) is 18.7. The number of rotatable bonds is 7. The molecule has 1 saturated heterocycles. The topological polar surface area (TPSA) is 107 Å². The van der Waals surface area contributed by atoms with Gasteiger partial charge in [0.2, 0.25) is 0 Å². The minimum Gasteiger partial charge on any atom is -0.383 e. The monoisotopic (exact) mass is 583 g/mol. The first-order valence-electron chi connectivity index (χ1n) is 14.6. The third kappa shape index (κ3) is 4.92. The zero-order valence-corrected chi connectivity index (χ0v) is 23.9. The molecule has 1 aromatic carbocycles. The molecule has 4 aromatic rings. The van der Waals surface area contributed by atoms with Crippen molar-refractivity contribution in [3.63, 3.8) is 0 Å². The van der Waals surface area contributed by atoms with Gasteiger partial charge in [0.1, 0.15) is 29.7 Å². The molecule has 3 fully saturated rings. The molecule has 0 amide bonds. The normalized spacial score (nSPS) is 29.0. The molecule has 3 aliphatic rings. The number of alkyl halides is 3. The summed E-state index contributed by atoms with van der Waals surface area (Å²) in [6, 6.07) is 6.23. The highest BCUT2D eigenvalue weighted by atomic mass is 19.4. The van der Waals surface area contributed by atoms with Crippen LogP contribution in [-0.4, -0.2) is 67.0 Å². The van der Waals surface area contributed by atoms with E-state index in [1.807, 2.05) is 26.1 Å². The van der Waals surface area contributed by atoms with Crippen molar-refractivity contribution in [1.29, 1.82) is 0 Å². The number of nitrogens with zero attached hydrogens (tertiary/aromatic N) is 5. The lowest BCUT2D eigenvalue weighted by Crippen LogP contribution is -2.46. The zero-order chi connectivity index (χ0) is 29.4. The lowest BCUT2D eigenvalue weighted by atomic mass is 9.76. The Labute approximate surface area is 241 Å². The Hall–Kier alpha value is -3.22. The molecule has 4 heterocycles. The minimum atomic E-state index is -4.37. The van der Waals surface area contributed by atoms with Crippen molar-refractivity contribution >= 4 is 27.9 Å². The molecule has 0 bridgehead atoms. The molecule has 0 radical (unpaired) electrons. The minimum absolute atomic E-state index is 0.00842.